The summed E-state index contributed by atoms with van der Waals surface area (Å²) in [6.45, 7) is 5.08. The van der Waals surface area contributed by atoms with E-state index in [0.717, 1.165) is 28.7 Å². The molecule has 0 spiro atoms. The first-order valence-corrected chi connectivity index (χ1v) is 13.9. The number of amides is 2. The summed E-state index contributed by atoms with van der Waals surface area (Å²) >= 11 is 4.35. The third-order valence-corrected chi connectivity index (χ3v) is 6.84. The summed E-state index contributed by atoms with van der Waals surface area (Å²) < 4.78 is 5.62. The first-order valence-electron chi connectivity index (χ1n) is 13.3. The van der Waals surface area contributed by atoms with Crippen LogP contribution in [0.1, 0.15) is 25.8 Å². The normalized spacial score (nSPS) is 11.7. The van der Waals surface area contributed by atoms with E-state index in [1.54, 1.807) is 17.0 Å². The van der Waals surface area contributed by atoms with Gasteiger partial charge in [0.1, 0.15) is 5.75 Å². The van der Waals surface area contributed by atoms with Crippen LogP contribution in [-0.4, -0.2) is 56.4 Å². The fourth-order valence-electron chi connectivity index (χ4n) is 4.41. The van der Waals surface area contributed by atoms with Crippen molar-refractivity contribution in [2.24, 2.45) is 11.8 Å². The molecule has 4 rings (SSSR count). The van der Waals surface area contributed by atoms with Gasteiger partial charge < -0.3 is 15.0 Å². The van der Waals surface area contributed by atoms with E-state index in [2.05, 4.69) is 52.4 Å². The average Bonchev–Trinajstić information content (AvgIpc) is 3.51. The van der Waals surface area contributed by atoms with Gasteiger partial charge in [-0.2, -0.15) is 12.6 Å². The molecule has 1 atom stereocenters. The van der Waals surface area contributed by atoms with E-state index in [-0.39, 0.29) is 11.8 Å². The van der Waals surface area contributed by atoms with Crippen molar-refractivity contribution < 1.29 is 14.3 Å². The number of nitrogens with one attached hydrogen (secondary N) is 2. The van der Waals surface area contributed by atoms with Crippen molar-refractivity contribution in [1.29, 1.82) is 0 Å². The maximum atomic E-state index is 13.1. The molecule has 3 aromatic carbocycles. The molecule has 10 heteroatoms. The zero-order chi connectivity index (χ0) is 28.3. The number of para-hydroxylation sites is 1. The Hall–Kier alpha value is -4.18. The van der Waals surface area contributed by atoms with Gasteiger partial charge in [0.25, 0.3) is 0 Å². The van der Waals surface area contributed by atoms with Gasteiger partial charge in [-0.15, -0.1) is 5.10 Å². The molecular weight excluding hydrogens is 524 g/mol. The summed E-state index contributed by atoms with van der Waals surface area (Å²) in [6, 6.07) is 24.8. The van der Waals surface area contributed by atoms with Crippen LogP contribution in [0.4, 0.5) is 4.79 Å². The topological polar surface area (TPSA) is 113 Å². The average molecular weight is 559 g/mol. The molecule has 0 saturated carbocycles. The van der Waals surface area contributed by atoms with E-state index in [4.69, 9.17) is 4.74 Å². The maximum absolute atomic E-state index is 13.1. The molecule has 2 amide bonds. The van der Waals surface area contributed by atoms with Gasteiger partial charge in [-0.1, -0.05) is 80.6 Å². The lowest BCUT2D eigenvalue weighted by atomic mass is 9.98. The zero-order valence-electron chi connectivity index (χ0n) is 22.7. The number of H-pyrrole nitrogens is 1. The number of carbonyl (C=O) groups excluding carboxylic acids is 2. The van der Waals surface area contributed by atoms with Gasteiger partial charge in [-0.25, -0.2) is 9.89 Å². The van der Waals surface area contributed by atoms with Crippen LogP contribution in [0.2, 0.25) is 0 Å². The second-order valence-electron chi connectivity index (χ2n) is 9.90. The number of carbonyl (C=O) groups is 2. The number of aromatic amines is 1. The zero-order valence-corrected chi connectivity index (χ0v) is 23.6. The summed E-state index contributed by atoms with van der Waals surface area (Å²) in [5.41, 5.74) is 3.79. The molecule has 4 aromatic rings. The van der Waals surface area contributed by atoms with Crippen LogP contribution < -0.4 is 10.1 Å². The molecule has 208 valence electrons. The Bertz CT molecular complexity index is 1360. The summed E-state index contributed by atoms with van der Waals surface area (Å²) in [7, 11) is 0. The number of tetrazole rings is 1. The predicted molar refractivity (Wildman–Crippen MR) is 158 cm³/mol. The highest BCUT2D eigenvalue weighted by Gasteiger charge is 2.20. The Morgan fingerprint density at radius 3 is 2.33 bits per heavy atom. The Morgan fingerprint density at radius 1 is 0.975 bits per heavy atom. The molecule has 0 bridgehead atoms. The summed E-state index contributed by atoms with van der Waals surface area (Å²) in [5.74, 6) is 1.70. The minimum atomic E-state index is -0.486. The lowest BCUT2D eigenvalue weighted by molar-refractivity contribution is -0.124. The molecule has 0 radical (unpaired) electrons. The van der Waals surface area contributed by atoms with E-state index >= 15 is 0 Å². The van der Waals surface area contributed by atoms with E-state index < -0.39 is 6.09 Å². The molecule has 0 aliphatic carbocycles. The quantitative estimate of drug-likeness (QED) is 0.205. The van der Waals surface area contributed by atoms with Crippen molar-refractivity contribution in [3.8, 4) is 28.3 Å². The SMILES string of the molecule is CC(C)CC(CS)C(=O)NCCN(Cc1ccc(-c2ccccc2-c2nnn[nH]2)cc1)C(=O)Oc1ccccc1. The molecule has 1 heterocycles. The molecule has 0 fully saturated rings. The standard InChI is InChI=1S/C30H34N6O3S/c1-21(2)18-24(20-40)29(37)31-16-17-36(30(38)39-25-8-4-3-5-9-25)19-22-12-14-23(15-13-22)26-10-6-7-11-27(26)28-32-34-35-33-28/h3-15,21,24,40H,16-20H2,1-2H3,(H,31,37)(H,32,33,34,35). The van der Waals surface area contributed by atoms with Crippen LogP contribution in [0.25, 0.3) is 22.5 Å². The third-order valence-electron chi connectivity index (χ3n) is 6.40. The van der Waals surface area contributed by atoms with Crippen LogP contribution in [0.15, 0.2) is 78.9 Å². The molecular formula is C30H34N6O3S. The molecule has 0 saturated heterocycles. The molecule has 1 unspecified atom stereocenters. The number of aromatic nitrogens is 4. The van der Waals surface area contributed by atoms with Crippen molar-refractivity contribution >= 4 is 24.6 Å². The van der Waals surface area contributed by atoms with Crippen LogP contribution in [-0.2, 0) is 11.3 Å². The predicted octanol–water partition coefficient (Wildman–Crippen LogP) is 5.24. The monoisotopic (exact) mass is 558 g/mol. The smallest absolute Gasteiger partial charge is 0.410 e. The van der Waals surface area contributed by atoms with Gasteiger partial charge in [-0.3, -0.25) is 4.79 Å². The molecule has 9 nitrogen and oxygen atoms in total. The van der Waals surface area contributed by atoms with Crippen LogP contribution in [0.3, 0.4) is 0 Å². The second-order valence-corrected chi connectivity index (χ2v) is 10.3. The van der Waals surface area contributed by atoms with Crippen LogP contribution >= 0.6 is 12.6 Å². The van der Waals surface area contributed by atoms with Gasteiger partial charge in [0, 0.05) is 36.9 Å². The van der Waals surface area contributed by atoms with Gasteiger partial charge in [-0.05, 0) is 51.6 Å². The van der Waals surface area contributed by atoms with Gasteiger partial charge in [0.2, 0.25) is 5.91 Å². The summed E-state index contributed by atoms with van der Waals surface area (Å²) in [6.07, 6.45) is 0.276. The van der Waals surface area contributed by atoms with E-state index in [9.17, 15) is 9.59 Å². The second kappa shape index (κ2) is 14.3. The van der Waals surface area contributed by atoms with Gasteiger partial charge >= 0.3 is 6.09 Å². The molecule has 0 aliphatic heterocycles. The first-order chi connectivity index (χ1) is 19.4. The Kier molecular flexibility index (Phi) is 10.3. The minimum Gasteiger partial charge on any atom is -0.410 e. The molecule has 0 aliphatic rings. The number of nitrogens with zero attached hydrogens (tertiary/aromatic N) is 4. The first kappa shape index (κ1) is 28.8. The van der Waals surface area contributed by atoms with Crippen molar-refractivity contribution in [2.75, 3.05) is 18.8 Å². The van der Waals surface area contributed by atoms with Crippen molar-refractivity contribution in [1.82, 2.24) is 30.8 Å². The van der Waals surface area contributed by atoms with Crippen LogP contribution in [0.5, 0.6) is 5.75 Å². The third kappa shape index (κ3) is 7.92. The van der Waals surface area contributed by atoms with E-state index in [1.165, 1.54) is 0 Å². The van der Waals surface area contributed by atoms with Crippen molar-refractivity contribution in [3.05, 3.63) is 84.4 Å². The van der Waals surface area contributed by atoms with Crippen molar-refractivity contribution in [2.45, 2.75) is 26.8 Å². The maximum Gasteiger partial charge on any atom is 0.415 e. The number of thiol groups is 1. The fraction of sp³-hybridized carbons (Fsp3) is 0.300. The Labute approximate surface area is 239 Å². The van der Waals surface area contributed by atoms with E-state index in [1.807, 2.05) is 66.7 Å². The fourth-order valence-corrected chi connectivity index (χ4v) is 4.72. The Morgan fingerprint density at radius 2 is 1.68 bits per heavy atom. The summed E-state index contributed by atoms with van der Waals surface area (Å²) in [4.78, 5) is 27.4. The number of ether oxygens (including phenoxy) is 1. The highest BCUT2D eigenvalue weighted by atomic mass is 32.1. The molecule has 40 heavy (non-hydrogen) atoms. The number of hydrogen-bond donors (Lipinski definition) is 3. The Balaban J connectivity index is 1.47. The van der Waals surface area contributed by atoms with Gasteiger partial charge in [0.15, 0.2) is 5.82 Å². The van der Waals surface area contributed by atoms with Crippen LogP contribution in [0, 0.1) is 11.8 Å². The van der Waals surface area contributed by atoms with Gasteiger partial charge in [0.05, 0.1) is 0 Å². The number of hydrogen-bond acceptors (Lipinski definition) is 7. The van der Waals surface area contributed by atoms with Crippen molar-refractivity contribution in [3.63, 3.8) is 0 Å². The largest absolute Gasteiger partial charge is 0.415 e. The highest BCUT2D eigenvalue weighted by Crippen LogP contribution is 2.30. The minimum absolute atomic E-state index is 0.0509. The molecule has 1 aromatic heterocycles. The lowest BCUT2D eigenvalue weighted by Gasteiger charge is -2.23. The number of benzene rings is 3. The molecule has 2 N–H and O–H groups in total. The lowest BCUT2D eigenvalue weighted by Crippen LogP contribution is -2.41. The highest BCUT2D eigenvalue weighted by molar-refractivity contribution is 7.80. The summed E-state index contributed by atoms with van der Waals surface area (Å²) in [5, 5.41) is 17.2. The number of rotatable bonds is 12. The van der Waals surface area contributed by atoms with E-state index in [0.29, 0.717) is 42.9 Å².